The molecule has 1 aromatic rings. The third-order valence-corrected chi connectivity index (χ3v) is 3.23. The number of hydrogen-bond donors (Lipinski definition) is 1. The zero-order valence-electron chi connectivity index (χ0n) is 12.7. The highest BCUT2D eigenvalue weighted by atomic mass is 14.9. The van der Waals surface area contributed by atoms with E-state index in [1.807, 2.05) is 0 Å². The quantitative estimate of drug-likeness (QED) is 0.761. The number of nitrogens with one attached hydrogen (secondary N) is 1. The van der Waals surface area contributed by atoms with Gasteiger partial charge >= 0.3 is 0 Å². The Morgan fingerprint density at radius 3 is 2.39 bits per heavy atom. The van der Waals surface area contributed by atoms with E-state index in [1.54, 1.807) is 0 Å². The molecule has 18 heavy (non-hydrogen) atoms. The maximum atomic E-state index is 3.59. The molecule has 0 radical (unpaired) electrons. The van der Waals surface area contributed by atoms with E-state index in [0.717, 1.165) is 18.4 Å². The first kappa shape index (κ1) is 15.2. The zero-order valence-corrected chi connectivity index (χ0v) is 12.7. The van der Waals surface area contributed by atoms with E-state index < -0.39 is 0 Å². The smallest absolute Gasteiger partial charge is 0.00104 e. The summed E-state index contributed by atoms with van der Waals surface area (Å²) in [5.41, 5.74) is 2.85. The van der Waals surface area contributed by atoms with Crippen LogP contribution in [0.1, 0.15) is 45.2 Å². The molecule has 1 N–H and O–H groups in total. The van der Waals surface area contributed by atoms with Crippen molar-refractivity contribution < 1.29 is 0 Å². The van der Waals surface area contributed by atoms with Crippen LogP contribution < -0.4 is 5.32 Å². The van der Waals surface area contributed by atoms with Gasteiger partial charge in [-0.2, -0.15) is 0 Å². The normalized spacial score (nSPS) is 13.3. The van der Waals surface area contributed by atoms with E-state index in [1.165, 1.54) is 24.0 Å². The fourth-order valence-electron chi connectivity index (χ4n) is 2.48. The Balaban J connectivity index is 2.59. The Bertz CT molecular complexity index is 341. The lowest BCUT2D eigenvalue weighted by Crippen LogP contribution is -2.30. The maximum absolute atomic E-state index is 3.59. The van der Waals surface area contributed by atoms with E-state index in [2.05, 4.69) is 64.2 Å². The highest BCUT2D eigenvalue weighted by Gasteiger charge is 2.12. The highest BCUT2D eigenvalue weighted by molar-refractivity contribution is 5.22. The molecule has 1 rings (SSSR count). The monoisotopic (exact) mass is 247 g/mol. The number of benzene rings is 1. The summed E-state index contributed by atoms with van der Waals surface area (Å²) < 4.78 is 0. The SMILES string of the molecule is Cc1cccc(CC(CNC(C)C)CC(C)C)c1. The summed E-state index contributed by atoms with van der Waals surface area (Å²) in [7, 11) is 0. The predicted octanol–water partition coefficient (Wildman–Crippen LogP) is 4.20. The van der Waals surface area contributed by atoms with Crippen LogP contribution >= 0.6 is 0 Å². The van der Waals surface area contributed by atoms with Crippen LogP contribution in [0.3, 0.4) is 0 Å². The molecule has 0 saturated heterocycles. The summed E-state index contributed by atoms with van der Waals surface area (Å²) in [6.07, 6.45) is 2.49. The summed E-state index contributed by atoms with van der Waals surface area (Å²) in [6, 6.07) is 9.51. The molecule has 0 aliphatic rings. The van der Waals surface area contributed by atoms with Crippen molar-refractivity contribution in [3.63, 3.8) is 0 Å². The fraction of sp³-hybridized carbons (Fsp3) is 0.647. The average Bonchev–Trinajstić information content (AvgIpc) is 2.25. The standard InChI is InChI=1S/C17H29N/c1-13(2)9-17(12-18-14(3)4)11-16-8-6-7-15(5)10-16/h6-8,10,13-14,17-18H,9,11-12H2,1-5H3. The molecule has 1 heteroatoms. The number of hydrogen-bond acceptors (Lipinski definition) is 1. The van der Waals surface area contributed by atoms with Gasteiger partial charge in [0.05, 0.1) is 0 Å². The highest BCUT2D eigenvalue weighted by Crippen LogP contribution is 2.17. The molecule has 0 bridgehead atoms. The summed E-state index contributed by atoms with van der Waals surface area (Å²) in [4.78, 5) is 0. The molecule has 0 aliphatic carbocycles. The Morgan fingerprint density at radius 2 is 1.83 bits per heavy atom. The fourth-order valence-corrected chi connectivity index (χ4v) is 2.48. The molecule has 0 heterocycles. The molecule has 102 valence electrons. The van der Waals surface area contributed by atoms with Crippen molar-refractivity contribution in [1.82, 2.24) is 5.32 Å². The molecule has 1 nitrogen and oxygen atoms in total. The minimum Gasteiger partial charge on any atom is -0.314 e. The van der Waals surface area contributed by atoms with Crippen LogP contribution in [0.15, 0.2) is 24.3 Å². The van der Waals surface area contributed by atoms with Crippen LogP contribution in [0, 0.1) is 18.8 Å². The Hall–Kier alpha value is -0.820. The number of rotatable bonds is 7. The van der Waals surface area contributed by atoms with Crippen molar-refractivity contribution in [2.24, 2.45) is 11.8 Å². The Morgan fingerprint density at radius 1 is 1.11 bits per heavy atom. The minimum atomic E-state index is 0.581. The lowest BCUT2D eigenvalue weighted by molar-refractivity contribution is 0.373. The van der Waals surface area contributed by atoms with Gasteiger partial charge in [0.15, 0.2) is 0 Å². The lowest BCUT2D eigenvalue weighted by atomic mass is 9.90. The van der Waals surface area contributed by atoms with Gasteiger partial charge in [0.25, 0.3) is 0 Å². The maximum Gasteiger partial charge on any atom is 0.00104 e. The second-order valence-corrected chi connectivity index (χ2v) is 6.25. The molecule has 0 saturated carbocycles. The molecule has 1 aromatic carbocycles. The van der Waals surface area contributed by atoms with Gasteiger partial charge in [-0.3, -0.25) is 0 Å². The lowest BCUT2D eigenvalue weighted by Gasteiger charge is -2.21. The van der Waals surface area contributed by atoms with Gasteiger partial charge in [0.2, 0.25) is 0 Å². The van der Waals surface area contributed by atoms with Crippen molar-refractivity contribution in [1.29, 1.82) is 0 Å². The number of aryl methyl sites for hydroxylation is 1. The third kappa shape index (κ3) is 6.20. The molecular formula is C17H29N. The van der Waals surface area contributed by atoms with Crippen LogP contribution in [0.2, 0.25) is 0 Å². The van der Waals surface area contributed by atoms with Crippen LogP contribution in [0.25, 0.3) is 0 Å². The second-order valence-electron chi connectivity index (χ2n) is 6.25. The van der Waals surface area contributed by atoms with Crippen molar-refractivity contribution in [2.75, 3.05) is 6.54 Å². The van der Waals surface area contributed by atoms with Gasteiger partial charge in [-0.25, -0.2) is 0 Å². The molecule has 1 unspecified atom stereocenters. The van der Waals surface area contributed by atoms with Crippen molar-refractivity contribution in [2.45, 2.75) is 53.5 Å². The van der Waals surface area contributed by atoms with Gasteiger partial charge in [0, 0.05) is 6.04 Å². The summed E-state index contributed by atoms with van der Waals surface area (Å²) in [6.45, 7) is 12.4. The Kier molecular flexibility index (Phi) is 6.42. The summed E-state index contributed by atoms with van der Waals surface area (Å²) in [5.74, 6) is 1.52. The molecule has 0 aliphatic heterocycles. The predicted molar refractivity (Wildman–Crippen MR) is 81.0 cm³/mol. The Labute approximate surface area is 113 Å². The second kappa shape index (κ2) is 7.58. The van der Waals surface area contributed by atoms with Gasteiger partial charge in [-0.15, -0.1) is 0 Å². The molecular weight excluding hydrogens is 218 g/mol. The van der Waals surface area contributed by atoms with Gasteiger partial charge < -0.3 is 5.32 Å². The van der Waals surface area contributed by atoms with E-state index >= 15 is 0 Å². The topological polar surface area (TPSA) is 12.0 Å². The first-order chi connectivity index (χ1) is 8.47. The average molecular weight is 247 g/mol. The summed E-state index contributed by atoms with van der Waals surface area (Å²) >= 11 is 0. The molecule has 0 fully saturated rings. The van der Waals surface area contributed by atoms with Crippen molar-refractivity contribution in [3.05, 3.63) is 35.4 Å². The molecule has 1 atom stereocenters. The van der Waals surface area contributed by atoms with Gasteiger partial charge in [-0.1, -0.05) is 57.5 Å². The van der Waals surface area contributed by atoms with E-state index in [-0.39, 0.29) is 0 Å². The largest absolute Gasteiger partial charge is 0.314 e. The van der Waals surface area contributed by atoms with Crippen LogP contribution in [0.4, 0.5) is 0 Å². The molecule has 0 spiro atoms. The molecule has 0 amide bonds. The van der Waals surface area contributed by atoms with E-state index in [4.69, 9.17) is 0 Å². The van der Waals surface area contributed by atoms with Crippen LogP contribution in [-0.4, -0.2) is 12.6 Å². The van der Waals surface area contributed by atoms with Crippen LogP contribution in [0.5, 0.6) is 0 Å². The molecule has 0 aromatic heterocycles. The van der Waals surface area contributed by atoms with Crippen molar-refractivity contribution >= 4 is 0 Å². The third-order valence-electron chi connectivity index (χ3n) is 3.23. The minimum absolute atomic E-state index is 0.581. The first-order valence-corrected chi connectivity index (χ1v) is 7.26. The summed E-state index contributed by atoms with van der Waals surface area (Å²) in [5, 5.41) is 3.59. The van der Waals surface area contributed by atoms with Crippen LogP contribution in [-0.2, 0) is 6.42 Å². The van der Waals surface area contributed by atoms with Crippen molar-refractivity contribution in [3.8, 4) is 0 Å². The van der Waals surface area contributed by atoms with E-state index in [9.17, 15) is 0 Å². The van der Waals surface area contributed by atoms with Gasteiger partial charge in [-0.05, 0) is 43.7 Å². The van der Waals surface area contributed by atoms with Gasteiger partial charge in [0.1, 0.15) is 0 Å². The van der Waals surface area contributed by atoms with E-state index in [0.29, 0.717) is 6.04 Å². The first-order valence-electron chi connectivity index (χ1n) is 7.26. The zero-order chi connectivity index (χ0) is 13.5.